The molecule has 2 unspecified atom stereocenters. The van der Waals surface area contributed by atoms with E-state index in [2.05, 4.69) is 44.2 Å². The Balaban J connectivity index is 2.10. The molecule has 0 amide bonds. The van der Waals surface area contributed by atoms with Gasteiger partial charge in [0.15, 0.2) is 0 Å². The lowest BCUT2D eigenvalue weighted by Crippen LogP contribution is -1.96. The van der Waals surface area contributed by atoms with Crippen LogP contribution in [0.15, 0.2) is 30.3 Å². The molecule has 0 heteroatoms. The molecular weight excluding hydrogens is 144 g/mol. The van der Waals surface area contributed by atoms with Crippen molar-refractivity contribution < 1.29 is 0 Å². The minimum atomic E-state index is 0.765. The molecule has 0 heterocycles. The van der Waals surface area contributed by atoms with Crippen LogP contribution in [0.1, 0.15) is 31.7 Å². The van der Waals surface area contributed by atoms with Gasteiger partial charge in [-0.05, 0) is 29.7 Å². The van der Waals surface area contributed by atoms with E-state index in [1.165, 1.54) is 12.0 Å². The normalized spacial score (nSPS) is 29.8. The quantitative estimate of drug-likeness (QED) is 0.621. The molecule has 1 fully saturated rings. The second-order valence-electron chi connectivity index (χ2n) is 4.08. The van der Waals surface area contributed by atoms with E-state index in [0.717, 1.165) is 17.8 Å². The Morgan fingerprint density at radius 3 is 2.33 bits per heavy atom. The third-order valence-corrected chi connectivity index (χ3v) is 3.14. The summed E-state index contributed by atoms with van der Waals surface area (Å²) in [7, 11) is 0. The molecule has 0 saturated heterocycles. The molecule has 1 aromatic rings. The Labute approximate surface area is 74.6 Å². The standard InChI is InChI=1S/C12H16/c1-9-8-12(9)10(2)11-6-4-3-5-7-11/h3-7,9-10,12H,8H2,1-2H3/t9?,10-,12?/m1/s1. The average molecular weight is 160 g/mol. The highest BCUT2D eigenvalue weighted by Gasteiger charge is 2.37. The van der Waals surface area contributed by atoms with E-state index < -0.39 is 0 Å². The van der Waals surface area contributed by atoms with Crippen LogP contribution in [0.3, 0.4) is 0 Å². The van der Waals surface area contributed by atoms with Gasteiger partial charge in [0.2, 0.25) is 0 Å². The van der Waals surface area contributed by atoms with Crippen molar-refractivity contribution in [3.05, 3.63) is 35.9 Å². The first kappa shape index (κ1) is 7.85. The van der Waals surface area contributed by atoms with Crippen LogP contribution >= 0.6 is 0 Å². The minimum Gasteiger partial charge on any atom is -0.0622 e. The number of benzene rings is 1. The predicted octanol–water partition coefficient (Wildman–Crippen LogP) is 3.45. The first-order valence-electron chi connectivity index (χ1n) is 4.84. The SMILES string of the molecule is CC1CC1[C@H](C)c1ccccc1. The molecule has 64 valence electrons. The molecule has 1 saturated carbocycles. The maximum atomic E-state index is 2.35. The third kappa shape index (κ3) is 1.38. The van der Waals surface area contributed by atoms with Gasteiger partial charge in [0.25, 0.3) is 0 Å². The molecule has 12 heavy (non-hydrogen) atoms. The fraction of sp³-hybridized carbons (Fsp3) is 0.500. The van der Waals surface area contributed by atoms with Gasteiger partial charge < -0.3 is 0 Å². The summed E-state index contributed by atoms with van der Waals surface area (Å²) in [6.07, 6.45) is 1.43. The molecule has 1 aromatic carbocycles. The summed E-state index contributed by atoms with van der Waals surface area (Å²) >= 11 is 0. The van der Waals surface area contributed by atoms with Crippen molar-refractivity contribution in [2.45, 2.75) is 26.2 Å². The van der Waals surface area contributed by atoms with Gasteiger partial charge in [-0.1, -0.05) is 44.2 Å². The highest BCUT2D eigenvalue weighted by molar-refractivity contribution is 5.21. The van der Waals surface area contributed by atoms with Crippen molar-refractivity contribution in [3.8, 4) is 0 Å². The van der Waals surface area contributed by atoms with E-state index in [4.69, 9.17) is 0 Å². The molecule has 3 atom stereocenters. The molecule has 0 N–H and O–H groups in total. The molecule has 0 aromatic heterocycles. The molecule has 0 spiro atoms. The first-order valence-corrected chi connectivity index (χ1v) is 4.84. The fourth-order valence-corrected chi connectivity index (χ4v) is 2.05. The zero-order valence-corrected chi connectivity index (χ0v) is 7.83. The van der Waals surface area contributed by atoms with E-state index in [9.17, 15) is 0 Å². The van der Waals surface area contributed by atoms with Crippen molar-refractivity contribution >= 4 is 0 Å². The van der Waals surface area contributed by atoms with Gasteiger partial charge in [0.05, 0.1) is 0 Å². The summed E-state index contributed by atoms with van der Waals surface area (Å²) in [4.78, 5) is 0. The van der Waals surface area contributed by atoms with Gasteiger partial charge >= 0.3 is 0 Å². The number of rotatable bonds is 2. The van der Waals surface area contributed by atoms with Crippen LogP contribution < -0.4 is 0 Å². The van der Waals surface area contributed by atoms with Crippen LogP contribution in [0, 0.1) is 11.8 Å². The second kappa shape index (κ2) is 2.93. The molecule has 0 aliphatic heterocycles. The van der Waals surface area contributed by atoms with Crippen molar-refractivity contribution in [3.63, 3.8) is 0 Å². The maximum absolute atomic E-state index is 2.35. The second-order valence-corrected chi connectivity index (χ2v) is 4.08. The first-order chi connectivity index (χ1) is 5.79. The third-order valence-electron chi connectivity index (χ3n) is 3.14. The van der Waals surface area contributed by atoms with Crippen molar-refractivity contribution in [2.75, 3.05) is 0 Å². The van der Waals surface area contributed by atoms with Crippen LogP contribution in [-0.2, 0) is 0 Å². The lowest BCUT2D eigenvalue weighted by atomic mass is 9.95. The summed E-state index contributed by atoms with van der Waals surface area (Å²) in [5.41, 5.74) is 1.51. The van der Waals surface area contributed by atoms with Crippen molar-refractivity contribution in [1.82, 2.24) is 0 Å². The zero-order valence-electron chi connectivity index (χ0n) is 7.83. The monoisotopic (exact) mass is 160 g/mol. The smallest absolute Gasteiger partial charge is 0.0159 e. The molecule has 1 aliphatic rings. The fourth-order valence-electron chi connectivity index (χ4n) is 2.05. The lowest BCUT2D eigenvalue weighted by Gasteiger charge is -2.09. The highest BCUT2D eigenvalue weighted by Crippen LogP contribution is 2.47. The van der Waals surface area contributed by atoms with Crippen LogP contribution in [-0.4, -0.2) is 0 Å². The molecule has 0 radical (unpaired) electrons. The van der Waals surface area contributed by atoms with Crippen LogP contribution in [0.5, 0.6) is 0 Å². The van der Waals surface area contributed by atoms with E-state index in [0.29, 0.717) is 0 Å². The topological polar surface area (TPSA) is 0 Å². The summed E-state index contributed by atoms with van der Waals surface area (Å²) in [6, 6.07) is 10.9. The van der Waals surface area contributed by atoms with Crippen molar-refractivity contribution in [2.24, 2.45) is 11.8 Å². The van der Waals surface area contributed by atoms with Gasteiger partial charge in [-0.15, -0.1) is 0 Å². The summed E-state index contributed by atoms with van der Waals surface area (Å²) in [5.74, 6) is 2.67. The Morgan fingerprint density at radius 2 is 1.83 bits per heavy atom. The molecule has 0 bridgehead atoms. The van der Waals surface area contributed by atoms with Gasteiger partial charge in [-0.3, -0.25) is 0 Å². The predicted molar refractivity (Wildman–Crippen MR) is 52.1 cm³/mol. The number of hydrogen-bond donors (Lipinski definition) is 0. The van der Waals surface area contributed by atoms with E-state index in [1.807, 2.05) is 0 Å². The Kier molecular flexibility index (Phi) is 1.92. The van der Waals surface area contributed by atoms with Crippen LogP contribution in [0.2, 0.25) is 0 Å². The molecular formula is C12H16. The Bertz CT molecular complexity index is 250. The lowest BCUT2D eigenvalue weighted by molar-refractivity contribution is 0.619. The van der Waals surface area contributed by atoms with Gasteiger partial charge in [-0.2, -0.15) is 0 Å². The van der Waals surface area contributed by atoms with Gasteiger partial charge in [-0.25, -0.2) is 0 Å². The van der Waals surface area contributed by atoms with Crippen LogP contribution in [0.25, 0.3) is 0 Å². The Morgan fingerprint density at radius 1 is 1.25 bits per heavy atom. The maximum Gasteiger partial charge on any atom is -0.0159 e. The van der Waals surface area contributed by atoms with Gasteiger partial charge in [0.1, 0.15) is 0 Å². The molecule has 1 aliphatic carbocycles. The minimum absolute atomic E-state index is 0.765. The summed E-state index contributed by atoms with van der Waals surface area (Å²) in [6.45, 7) is 4.70. The largest absolute Gasteiger partial charge is 0.0622 e. The summed E-state index contributed by atoms with van der Waals surface area (Å²) < 4.78 is 0. The van der Waals surface area contributed by atoms with E-state index in [-0.39, 0.29) is 0 Å². The van der Waals surface area contributed by atoms with Crippen LogP contribution in [0.4, 0.5) is 0 Å². The Hall–Kier alpha value is -0.780. The number of hydrogen-bond acceptors (Lipinski definition) is 0. The molecule has 2 rings (SSSR count). The zero-order chi connectivity index (χ0) is 8.55. The average Bonchev–Trinajstić information content (AvgIpc) is 2.83. The highest BCUT2D eigenvalue weighted by atomic mass is 14.4. The van der Waals surface area contributed by atoms with E-state index >= 15 is 0 Å². The summed E-state index contributed by atoms with van der Waals surface area (Å²) in [5, 5.41) is 0. The molecule has 0 nitrogen and oxygen atoms in total. The van der Waals surface area contributed by atoms with Gasteiger partial charge in [0, 0.05) is 0 Å². The van der Waals surface area contributed by atoms with E-state index in [1.54, 1.807) is 0 Å². The van der Waals surface area contributed by atoms with Crippen molar-refractivity contribution in [1.29, 1.82) is 0 Å².